The van der Waals surface area contributed by atoms with E-state index in [2.05, 4.69) is 88.5 Å². The molecule has 0 aliphatic heterocycles. The minimum atomic E-state index is -4.99. The maximum Gasteiger partial charge on any atom is 0.472 e. The molecule has 19 heteroatoms. The summed E-state index contributed by atoms with van der Waals surface area (Å²) in [6.45, 7) is 4.81. The monoisotopic (exact) mass is 1450 g/mol. The number of hydrogen-bond donors (Lipinski definition) is 3. The van der Waals surface area contributed by atoms with Crippen LogP contribution in [0.5, 0.6) is 0 Å². The van der Waals surface area contributed by atoms with E-state index in [0.29, 0.717) is 32.1 Å². The molecule has 0 amide bonds. The zero-order valence-electron chi connectivity index (χ0n) is 63.6. The SMILES string of the molecule is CCCCC/C=C\C/C=C\C/C=C\C/C=C\CCCC(=O)O[C@H](COC(=O)CCCCCCC/C=C\CCCCCCCC)COP(=O)(O)OC[C@H](O)COP(=O)(O)OC[C@@H](COC(=O)CCCCCCCCCCCCCCC)OC(=O)CCCCCCC/C=C\CCCCCCCC. The number of unbranched alkanes of at least 4 members (excludes halogenated alkanes) is 38. The van der Waals surface area contributed by atoms with Crippen LogP contribution >= 0.6 is 15.6 Å². The van der Waals surface area contributed by atoms with Gasteiger partial charge in [-0.05, 0) is 116 Å². The summed E-state index contributed by atoms with van der Waals surface area (Å²) >= 11 is 0. The zero-order chi connectivity index (χ0) is 73.2. The average Bonchev–Trinajstić information content (AvgIpc) is 1.22. The highest BCUT2D eigenvalue weighted by Gasteiger charge is 2.30. The molecule has 0 heterocycles. The number of aliphatic hydroxyl groups is 1. The lowest BCUT2D eigenvalue weighted by atomic mass is 10.0. The van der Waals surface area contributed by atoms with Crippen molar-refractivity contribution in [2.75, 3.05) is 39.6 Å². The first-order valence-corrected chi connectivity index (χ1v) is 43.2. The Bertz CT molecular complexity index is 2180. The molecule has 0 saturated carbocycles. The van der Waals surface area contributed by atoms with E-state index in [1.54, 1.807) is 0 Å². The Balaban J connectivity index is 5.39. The van der Waals surface area contributed by atoms with E-state index in [0.717, 1.165) is 122 Å². The van der Waals surface area contributed by atoms with Gasteiger partial charge in [0.15, 0.2) is 12.2 Å². The van der Waals surface area contributed by atoms with Gasteiger partial charge in [-0.15, -0.1) is 0 Å². The number of rotatable bonds is 76. The molecule has 0 spiro atoms. The van der Waals surface area contributed by atoms with Gasteiger partial charge in [0.2, 0.25) is 0 Å². The van der Waals surface area contributed by atoms with Crippen LogP contribution in [-0.2, 0) is 65.4 Å². The second kappa shape index (κ2) is 73.8. The van der Waals surface area contributed by atoms with Gasteiger partial charge in [0.25, 0.3) is 0 Å². The Morgan fingerprint density at radius 3 is 0.820 bits per heavy atom. The van der Waals surface area contributed by atoms with E-state index in [1.807, 2.05) is 12.2 Å². The molecule has 0 aromatic carbocycles. The predicted octanol–water partition coefficient (Wildman–Crippen LogP) is 23.2. The first kappa shape index (κ1) is 96.5. The topological polar surface area (TPSA) is 237 Å². The van der Waals surface area contributed by atoms with Crippen molar-refractivity contribution < 1.29 is 80.2 Å². The molecule has 2 unspecified atom stereocenters. The van der Waals surface area contributed by atoms with E-state index < -0.39 is 97.5 Å². The lowest BCUT2D eigenvalue weighted by Gasteiger charge is -2.21. The molecule has 0 radical (unpaired) electrons. The lowest BCUT2D eigenvalue weighted by Crippen LogP contribution is -2.30. The Hall–Kier alpha value is -3.50. The maximum atomic E-state index is 13.1. The Morgan fingerprint density at radius 2 is 0.500 bits per heavy atom. The largest absolute Gasteiger partial charge is 0.472 e. The van der Waals surface area contributed by atoms with Gasteiger partial charge in [-0.2, -0.15) is 0 Å². The van der Waals surface area contributed by atoms with Crippen LogP contribution in [0.1, 0.15) is 362 Å². The number of hydrogen-bond acceptors (Lipinski definition) is 15. The van der Waals surface area contributed by atoms with Crippen molar-refractivity contribution in [2.45, 2.75) is 380 Å². The van der Waals surface area contributed by atoms with Crippen LogP contribution in [0.15, 0.2) is 72.9 Å². The molecule has 0 aliphatic carbocycles. The highest BCUT2D eigenvalue weighted by Crippen LogP contribution is 2.45. The Labute approximate surface area is 609 Å². The normalized spacial score (nSPS) is 14.3. The van der Waals surface area contributed by atoms with Gasteiger partial charge in [0.05, 0.1) is 26.4 Å². The highest BCUT2D eigenvalue weighted by atomic mass is 31.2. The fourth-order valence-corrected chi connectivity index (χ4v) is 12.5. The maximum absolute atomic E-state index is 13.1. The van der Waals surface area contributed by atoms with Gasteiger partial charge in [-0.1, -0.05) is 293 Å². The third-order valence-corrected chi connectivity index (χ3v) is 19.0. The fourth-order valence-electron chi connectivity index (χ4n) is 11.0. The summed E-state index contributed by atoms with van der Waals surface area (Å²) in [5.74, 6) is -2.23. The number of carbonyl (C=O) groups is 4. The van der Waals surface area contributed by atoms with Gasteiger partial charge < -0.3 is 33.8 Å². The molecule has 0 bridgehead atoms. The van der Waals surface area contributed by atoms with E-state index >= 15 is 0 Å². The Morgan fingerprint density at radius 1 is 0.280 bits per heavy atom. The van der Waals surface area contributed by atoms with Crippen molar-refractivity contribution in [3.63, 3.8) is 0 Å². The van der Waals surface area contributed by atoms with Crippen molar-refractivity contribution >= 4 is 39.5 Å². The van der Waals surface area contributed by atoms with E-state index in [1.165, 1.54) is 154 Å². The molecular weight excluding hydrogens is 1310 g/mol. The summed E-state index contributed by atoms with van der Waals surface area (Å²) < 4.78 is 68.5. The molecule has 0 rings (SSSR count). The third kappa shape index (κ3) is 72.8. The molecule has 0 aromatic rings. The van der Waals surface area contributed by atoms with Crippen molar-refractivity contribution in [3.05, 3.63) is 72.9 Å². The van der Waals surface area contributed by atoms with E-state index in [4.69, 9.17) is 37.0 Å². The smallest absolute Gasteiger partial charge is 0.462 e. The van der Waals surface area contributed by atoms with E-state index in [-0.39, 0.29) is 25.7 Å². The van der Waals surface area contributed by atoms with E-state index in [9.17, 15) is 43.2 Å². The van der Waals surface area contributed by atoms with Gasteiger partial charge in [-0.25, -0.2) is 9.13 Å². The van der Waals surface area contributed by atoms with Crippen LogP contribution in [0.4, 0.5) is 0 Å². The highest BCUT2D eigenvalue weighted by molar-refractivity contribution is 7.47. The van der Waals surface area contributed by atoms with Crippen molar-refractivity contribution in [1.82, 2.24) is 0 Å². The molecule has 5 atom stereocenters. The third-order valence-electron chi connectivity index (χ3n) is 17.1. The molecule has 582 valence electrons. The molecule has 0 aromatic heterocycles. The fraction of sp³-hybridized carbons (Fsp3) is 0.802. The Kier molecular flexibility index (Phi) is 71.2. The standard InChI is InChI=1S/C81H146O17P2/c1-5-9-13-17-21-25-29-33-36-37-40-44-48-52-56-60-64-68-81(86)98-77(72-92-79(84)66-62-58-54-50-46-42-38-34-30-26-22-18-14-10-6-2)74-96-100(89,90)94-70-75(82)69-93-99(87,88)95-73-76(71-91-78(83)65-61-57-53-49-45-41-32-28-24-20-16-12-8-4)97-80(85)67-63-59-55-51-47-43-39-35-31-27-23-19-15-11-7-3/h21,25,33-36,38-40,44,52,56,75-77,82H,5-20,22-24,26-32,37,41-43,45-51,53-55,57-74H2,1-4H3,(H,87,88)(H,89,90)/b25-21-,36-33-,38-34-,39-35-,44-40-,56-52-/t75-,76-,77-/m1/s1. The summed E-state index contributed by atoms with van der Waals surface area (Å²) in [4.78, 5) is 72.9. The molecule has 17 nitrogen and oxygen atoms in total. The number of ether oxygens (including phenoxy) is 4. The van der Waals surface area contributed by atoms with Crippen molar-refractivity contribution in [3.8, 4) is 0 Å². The van der Waals surface area contributed by atoms with Gasteiger partial charge in [0.1, 0.15) is 19.3 Å². The molecule has 3 N–H and O–H groups in total. The van der Waals surface area contributed by atoms with Crippen molar-refractivity contribution in [1.29, 1.82) is 0 Å². The number of carbonyl (C=O) groups excluding carboxylic acids is 4. The summed E-state index contributed by atoms with van der Waals surface area (Å²) in [5, 5.41) is 10.6. The van der Waals surface area contributed by atoms with Crippen LogP contribution in [-0.4, -0.2) is 96.7 Å². The van der Waals surface area contributed by atoms with Crippen molar-refractivity contribution in [2.24, 2.45) is 0 Å². The number of phosphoric ester groups is 2. The van der Waals surface area contributed by atoms with Crippen LogP contribution in [0.3, 0.4) is 0 Å². The average molecular weight is 1450 g/mol. The summed E-state index contributed by atoms with van der Waals surface area (Å²) in [6, 6.07) is 0. The molecule has 0 saturated heterocycles. The van der Waals surface area contributed by atoms with Gasteiger partial charge in [0, 0.05) is 25.7 Å². The molecular formula is C81H146O17P2. The second-order valence-electron chi connectivity index (χ2n) is 27.0. The van der Waals surface area contributed by atoms with Crippen LogP contribution < -0.4 is 0 Å². The first-order chi connectivity index (χ1) is 48.7. The van der Waals surface area contributed by atoms with Crippen LogP contribution in [0.2, 0.25) is 0 Å². The van der Waals surface area contributed by atoms with Crippen LogP contribution in [0.25, 0.3) is 0 Å². The lowest BCUT2D eigenvalue weighted by molar-refractivity contribution is -0.161. The molecule has 100 heavy (non-hydrogen) atoms. The van der Waals surface area contributed by atoms with Crippen LogP contribution in [0, 0.1) is 0 Å². The summed E-state index contributed by atoms with van der Waals surface area (Å²) in [5.41, 5.74) is 0. The predicted molar refractivity (Wildman–Crippen MR) is 409 cm³/mol. The summed E-state index contributed by atoms with van der Waals surface area (Å²) in [7, 11) is -9.96. The number of aliphatic hydroxyl groups excluding tert-OH is 1. The molecule has 0 aliphatic rings. The number of allylic oxidation sites excluding steroid dienone is 12. The minimum absolute atomic E-state index is 0.0201. The number of phosphoric acid groups is 2. The summed E-state index contributed by atoms with van der Waals surface area (Å²) in [6.07, 6.45) is 74.6. The van der Waals surface area contributed by atoms with Gasteiger partial charge in [-0.3, -0.25) is 37.3 Å². The quantitative estimate of drug-likeness (QED) is 0.0169. The first-order valence-electron chi connectivity index (χ1n) is 40.2. The van der Waals surface area contributed by atoms with Gasteiger partial charge >= 0.3 is 39.5 Å². The number of esters is 4. The second-order valence-corrected chi connectivity index (χ2v) is 29.9. The zero-order valence-corrected chi connectivity index (χ0v) is 65.4. The molecule has 0 fully saturated rings. The minimum Gasteiger partial charge on any atom is -0.462 e.